The number of aryl methyl sites for hydroxylation is 1. The first kappa shape index (κ1) is 21.6. The lowest BCUT2D eigenvalue weighted by Crippen LogP contribution is -2.36. The summed E-state index contributed by atoms with van der Waals surface area (Å²) in [5, 5.41) is 3.03. The van der Waals surface area contributed by atoms with E-state index >= 15 is 0 Å². The van der Waals surface area contributed by atoms with Gasteiger partial charge in [-0.25, -0.2) is 4.39 Å². The van der Waals surface area contributed by atoms with Crippen LogP contribution in [0, 0.1) is 5.82 Å². The fourth-order valence-electron chi connectivity index (χ4n) is 4.54. The third kappa shape index (κ3) is 4.21. The molecule has 1 fully saturated rings. The summed E-state index contributed by atoms with van der Waals surface area (Å²) < 4.78 is 52.6. The maximum Gasteiger partial charge on any atom is 0.417 e. The van der Waals surface area contributed by atoms with Crippen molar-refractivity contribution in [2.24, 2.45) is 0 Å². The molecule has 3 aromatic rings. The van der Waals surface area contributed by atoms with Gasteiger partial charge in [-0.3, -0.25) is 14.8 Å². The van der Waals surface area contributed by atoms with Gasteiger partial charge in [-0.05, 0) is 79.6 Å². The summed E-state index contributed by atoms with van der Waals surface area (Å²) in [6.45, 7) is 0. The number of rotatable bonds is 4. The Morgan fingerprint density at radius 1 is 1.06 bits per heavy atom. The van der Waals surface area contributed by atoms with Gasteiger partial charge in [0.15, 0.2) is 0 Å². The predicted octanol–water partition coefficient (Wildman–Crippen LogP) is 5.52. The Balaban J connectivity index is 1.41. The second-order valence-electron chi connectivity index (χ2n) is 8.73. The van der Waals surface area contributed by atoms with E-state index in [1.54, 1.807) is 0 Å². The molecule has 4 nitrogen and oxygen atoms in total. The topological polar surface area (TPSA) is 54.9 Å². The number of alkyl halides is 3. The zero-order chi connectivity index (χ0) is 23.2. The molecule has 2 aromatic heterocycles. The summed E-state index contributed by atoms with van der Waals surface area (Å²) in [6.07, 6.45) is 1.64. The molecule has 1 amide bonds. The molecule has 0 saturated heterocycles. The average Bonchev–Trinajstić information content (AvgIpc) is 3.59. The number of pyridine rings is 2. The number of hydrogen-bond acceptors (Lipinski definition) is 3. The van der Waals surface area contributed by atoms with Crippen molar-refractivity contribution in [1.82, 2.24) is 15.3 Å². The Bertz CT molecular complexity index is 1200. The molecule has 2 aliphatic carbocycles. The molecule has 1 atom stereocenters. The highest BCUT2D eigenvalue weighted by atomic mass is 19.4. The number of carbonyl (C=O) groups excluding carboxylic acids is 1. The van der Waals surface area contributed by atoms with Crippen LogP contribution >= 0.6 is 0 Å². The van der Waals surface area contributed by atoms with Gasteiger partial charge in [0.25, 0.3) is 5.91 Å². The molecule has 170 valence electrons. The fourth-order valence-corrected chi connectivity index (χ4v) is 4.54. The highest BCUT2D eigenvalue weighted by molar-refractivity contribution is 5.95. The summed E-state index contributed by atoms with van der Waals surface area (Å²) in [7, 11) is 0. The van der Waals surface area contributed by atoms with Crippen LogP contribution in [0.4, 0.5) is 17.6 Å². The highest BCUT2D eigenvalue weighted by Gasteiger charge is 2.47. The van der Waals surface area contributed by atoms with Crippen molar-refractivity contribution in [2.45, 2.75) is 49.7 Å². The number of halogens is 4. The third-order valence-corrected chi connectivity index (χ3v) is 6.48. The molecule has 8 heteroatoms. The van der Waals surface area contributed by atoms with E-state index in [2.05, 4.69) is 10.3 Å². The van der Waals surface area contributed by atoms with Crippen LogP contribution in [0.2, 0.25) is 0 Å². The SMILES string of the molecule is O=C(NC1(c2ccc3c(n2)CCC[C@H]3c2cncc(C(F)(F)F)c2)CC1)c1ccc(F)cc1. The Kier molecular flexibility index (Phi) is 5.18. The highest BCUT2D eigenvalue weighted by Crippen LogP contribution is 2.46. The van der Waals surface area contributed by atoms with E-state index in [0.29, 0.717) is 11.1 Å². The summed E-state index contributed by atoms with van der Waals surface area (Å²) >= 11 is 0. The average molecular weight is 455 g/mol. The number of benzene rings is 1. The molecule has 5 rings (SSSR count). The van der Waals surface area contributed by atoms with E-state index < -0.39 is 23.1 Å². The second kappa shape index (κ2) is 7.93. The minimum atomic E-state index is -4.44. The van der Waals surface area contributed by atoms with Crippen molar-refractivity contribution in [3.63, 3.8) is 0 Å². The lowest BCUT2D eigenvalue weighted by atomic mass is 9.81. The Hall–Kier alpha value is -3.29. The summed E-state index contributed by atoms with van der Waals surface area (Å²) in [5.41, 5.74) is 2.10. The molecule has 2 heterocycles. The maximum atomic E-state index is 13.2. The first-order valence-corrected chi connectivity index (χ1v) is 10.9. The number of aromatic nitrogens is 2. The van der Waals surface area contributed by atoms with E-state index in [9.17, 15) is 22.4 Å². The minimum absolute atomic E-state index is 0.200. The van der Waals surface area contributed by atoms with E-state index in [4.69, 9.17) is 4.98 Å². The van der Waals surface area contributed by atoms with Gasteiger partial charge in [0.05, 0.1) is 16.8 Å². The first-order valence-electron chi connectivity index (χ1n) is 10.9. The molecule has 0 radical (unpaired) electrons. The molecular weight excluding hydrogens is 434 g/mol. The Morgan fingerprint density at radius 3 is 2.52 bits per heavy atom. The summed E-state index contributed by atoms with van der Waals surface area (Å²) in [6, 6.07) is 10.3. The normalized spacial score (nSPS) is 19.0. The molecule has 0 bridgehead atoms. The molecule has 33 heavy (non-hydrogen) atoms. The first-order chi connectivity index (χ1) is 15.7. The van der Waals surface area contributed by atoms with Crippen molar-refractivity contribution in [3.8, 4) is 0 Å². The number of carbonyl (C=O) groups is 1. The molecule has 1 saturated carbocycles. The molecule has 1 N–H and O–H groups in total. The van der Waals surface area contributed by atoms with Gasteiger partial charge in [-0.15, -0.1) is 0 Å². The van der Waals surface area contributed by atoms with Crippen molar-refractivity contribution in [1.29, 1.82) is 0 Å². The van der Waals surface area contributed by atoms with E-state index in [0.717, 1.165) is 55.3 Å². The van der Waals surface area contributed by atoms with Crippen LogP contribution in [0.5, 0.6) is 0 Å². The molecule has 0 aliphatic heterocycles. The predicted molar refractivity (Wildman–Crippen MR) is 113 cm³/mol. The van der Waals surface area contributed by atoms with Gasteiger partial charge in [0.2, 0.25) is 0 Å². The van der Waals surface area contributed by atoms with Gasteiger partial charge in [0, 0.05) is 29.6 Å². The zero-order valence-corrected chi connectivity index (χ0v) is 17.6. The van der Waals surface area contributed by atoms with Crippen molar-refractivity contribution >= 4 is 5.91 Å². The third-order valence-electron chi connectivity index (χ3n) is 6.48. The summed E-state index contributed by atoms with van der Waals surface area (Å²) in [5.74, 6) is -0.899. The zero-order valence-electron chi connectivity index (χ0n) is 17.6. The molecular formula is C25H21F4N3O. The standard InChI is InChI=1S/C25H21F4N3O/c26-18-6-4-15(5-7-18)23(33)32-24(10-11-24)22-9-8-20-19(2-1-3-21(20)31-22)16-12-17(14-30-13-16)25(27,28)29/h4-9,12-14,19H,1-3,10-11H2,(H,32,33)/t19-/m0/s1. The smallest absolute Gasteiger partial charge is 0.341 e. The van der Waals surface area contributed by atoms with Gasteiger partial charge >= 0.3 is 6.18 Å². The summed E-state index contributed by atoms with van der Waals surface area (Å²) in [4.78, 5) is 21.3. The van der Waals surface area contributed by atoms with E-state index in [-0.39, 0.29) is 11.8 Å². The fraction of sp³-hybridized carbons (Fsp3) is 0.320. The molecule has 1 aromatic carbocycles. The van der Waals surface area contributed by atoms with Crippen LogP contribution in [-0.2, 0) is 18.1 Å². The number of nitrogens with zero attached hydrogens (tertiary/aromatic N) is 2. The van der Waals surface area contributed by atoms with Crippen LogP contribution in [-0.4, -0.2) is 15.9 Å². The minimum Gasteiger partial charge on any atom is -0.341 e. The largest absolute Gasteiger partial charge is 0.417 e. The number of hydrogen-bond donors (Lipinski definition) is 1. The van der Waals surface area contributed by atoms with Gasteiger partial charge < -0.3 is 5.32 Å². The van der Waals surface area contributed by atoms with E-state index in [1.807, 2.05) is 12.1 Å². The van der Waals surface area contributed by atoms with Crippen molar-refractivity contribution in [3.05, 3.63) is 94.3 Å². The second-order valence-corrected chi connectivity index (χ2v) is 8.73. The van der Waals surface area contributed by atoms with Crippen LogP contribution in [0.15, 0.2) is 54.9 Å². The van der Waals surface area contributed by atoms with Crippen LogP contribution in [0.3, 0.4) is 0 Å². The monoisotopic (exact) mass is 455 g/mol. The number of amides is 1. The maximum absolute atomic E-state index is 13.2. The van der Waals surface area contributed by atoms with Gasteiger partial charge in [-0.2, -0.15) is 13.2 Å². The van der Waals surface area contributed by atoms with Crippen molar-refractivity contribution < 1.29 is 22.4 Å². The Labute approximate surface area is 188 Å². The Morgan fingerprint density at radius 2 is 1.82 bits per heavy atom. The van der Waals surface area contributed by atoms with Crippen LogP contribution < -0.4 is 5.32 Å². The lowest BCUT2D eigenvalue weighted by molar-refractivity contribution is -0.137. The molecule has 2 aliphatic rings. The lowest BCUT2D eigenvalue weighted by Gasteiger charge is -2.27. The molecule has 0 spiro atoms. The van der Waals surface area contributed by atoms with Crippen LogP contribution in [0.25, 0.3) is 0 Å². The van der Waals surface area contributed by atoms with E-state index in [1.165, 1.54) is 36.5 Å². The number of nitrogens with one attached hydrogen (secondary N) is 1. The quantitative estimate of drug-likeness (QED) is 0.527. The number of fused-ring (bicyclic) bond motifs is 1. The van der Waals surface area contributed by atoms with Crippen molar-refractivity contribution in [2.75, 3.05) is 0 Å². The van der Waals surface area contributed by atoms with Gasteiger partial charge in [0.1, 0.15) is 5.82 Å². The molecule has 0 unspecified atom stereocenters. The van der Waals surface area contributed by atoms with Gasteiger partial charge in [-0.1, -0.05) is 6.07 Å². The van der Waals surface area contributed by atoms with Crippen LogP contribution in [0.1, 0.15) is 70.0 Å².